The van der Waals surface area contributed by atoms with Gasteiger partial charge in [-0.15, -0.1) is 0 Å². The van der Waals surface area contributed by atoms with Gasteiger partial charge >= 0.3 is 5.97 Å². The minimum atomic E-state index is -1.00. The minimum absolute atomic E-state index is 0.0425. The van der Waals surface area contributed by atoms with E-state index in [1.165, 1.54) is 7.11 Å². The summed E-state index contributed by atoms with van der Waals surface area (Å²) < 4.78 is 10.6. The second kappa shape index (κ2) is 5.16. The van der Waals surface area contributed by atoms with Crippen LogP contribution >= 0.6 is 22.6 Å². The van der Waals surface area contributed by atoms with Gasteiger partial charge in [-0.1, -0.05) is 0 Å². The van der Waals surface area contributed by atoms with Crippen molar-refractivity contribution >= 4 is 28.6 Å². The molecule has 0 saturated heterocycles. The lowest BCUT2D eigenvalue weighted by molar-refractivity contribution is 0.0483. The van der Waals surface area contributed by atoms with Crippen molar-refractivity contribution in [2.24, 2.45) is 0 Å². The van der Waals surface area contributed by atoms with E-state index in [2.05, 4.69) is 0 Å². The maximum absolute atomic E-state index is 10.8. The Morgan fingerprint density at radius 1 is 1.57 bits per heavy atom. The molecule has 0 fully saturated rings. The molecule has 4 nitrogen and oxygen atoms in total. The van der Waals surface area contributed by atoms with E-state index in [0.717, 1.165) is 3.57 Å². The number of benzene rings is 1. The van der Waals surface area contributed by atoms with Crippen LogP contribution in [0.4, 0.5) is 0 Å². The lowest BCUT2D eigenvalue weighted by Crippen LogP contribution is -2.05. The van der Waals surface area contributed by atoms with Crippen molar-refractivity contribution in [2.45, 2.75) is 0 Å². The summed E-state index contributed by atoms with van der Waals surface area (Å²) in [6.45, 7) is 0.0425. The fraction of sp³-hybridized carbons (Fsp3) is 0.222. The second-order valence-electron chi connectivity index (χ2n) is 2.50. The molecule has 1 aromatic rings. The Morgan fingerprint density at radius 3 is 2.86 bits per heavy atom. The Balaban J connectivity index is 2.96. The molecule has 0 radical (unpaired) electrons. The van der Waals surface area contributed by atoms with Crippen molar-refractivity contribution in [3.8, 4) is 5.75 Å². The molecule has 5 heteroatoms. The molecule has 0 atom stereocenters. The van der Waals surface area contributed by atoms with Crippen LogP contribution in [0.25, 0.3) is 0 Å². The van der Waals surface area contributed by atoms with Crippen LogP contribution in [0.2, 0.25) is 0 Å². The van der Waals surface area contributed by atoms with Gasteiger partial charge in [0.25, 0.3) is 0 Å². The molecule has 14 heavy (non-hydrogen) atoms. The first-order valence-corrected chi connectivity index (χ1v) is 4.87. The summed E-state index contributed by atoms with van der Waals surface area (Å²) in [7, 11) is 1.48. The van der Waals surface area contributed by atoms with E-state index in [9.17, 15) is 4.79 Å². The molecule has 0 unspecified atom stereocenters. The van der Waals surface area contributed by atoms with Crippen molar-refractivity contribution in [2.75, 3.05) is 13.9 Å². The summed E-state index contributed by atoms with van der Waals surface area (Å²) in [4.78, 5) is 10.8. The zero-order valence-corrected chi connectivity index (χ0v) is 9.65. The van der Waals surface area contributed by atoms with Gasteiger partial charge in [-0.2, -0.15) is 0 Å². The molecule has 0 aliphatic rings. The quantitative estimate of drug-likeness (QED) is 0.682. The highest BCUT2D eigenvalue weighted by molar-refractivity contribution is 14.1. The fourth-order valence-corrected chi connectivity index (χ4v) is 1.41. The standard InChI is InChI=1S/C9H9IO4/c1-13-5-14-8-3-2-6(10)4-7(8)9(11)12/h2-4H,5H2,1H3,(H,11,12). The smallest absolute Gasteiger partial charge is 0.339 e. The summed E-state index contributed by atoms with van der Waals surface area (Å²) in [5.41, 5.74) is 0.147. The van der Waals surface area contributed by atoms with Gasteiger partial charge in [-0.3, -0.25) is 0 Å². The molecule has 0 amide bonds. The Bertz CT molecular complexity index is 338. The van der Waals surface area contributed by atoms with E-state index >= 15 is 0 Å². The molecule has 0 aromatic heterocycles. The summed E-state index contributed by atoms with van der Waals surface area (Å²) in [5.74, 6) is -0.686. The van der Waals surface area contributed by atoms with Crippen LogP contribution in [-0.2, 0) is 4.74 Å². The maximum Gasteiger partial charge on any atom is 0.339 e. The van der Waals surface area contributed by atoms with Gasteiger partial charge in [0.05, 0.1) is 0 Å². The molecule has 76 valence electrons. The van der Waals surface area contributed by atoms with Crippen LogP contribution in [0.3, 0.4) is 0 Å². The van der Waals surface area contributed by atoms with E-state index in [1.54, 1.807) is 18.2 Å². The zero-order chi connectivity index (χ0) is 10.6. The molecule has 1 aromatic carbocycles. The number of hydrogen-bond acceptors (Lipinski definition) is 3. The molecule has 1 rings (SSSR count). The first kappa shape index (κ1) is 11.3. The number of ether oxygens (including phenoxy) is 2. The largest absolute Gasteiger partial charge is 0.478 e. The monoisotopic (exact) mass is 308 g/mol. The molecule has 0 aliphatic carbocycles. The Hall–Kier alpha value is -0.820. The lowest BCUT2D eigenvalue weighted by atomic mass is 10.2. The van der Waals surface area contributed by atoms with E-state index in [1.807, 2.05) is 22.6 Å². The van der Waals surface area contributed by atoms with Gasteiger partial charge in [0.1, 0.15) is 11.3 Å². The lowest BCUT2D eigenvalue weighted by Gasteiger charge is -2.07. The molecular weight excluding hydrogens is 299 g/mol. The molecule has 0 heterocycles. The number of carboxylic acids is 1. The van der Waals surface area contributed by atoms with E-state index < -0.39 is 5.97 Å². The van der Waals surface area contributed by atoms with Crippen LogP contribution in [0, 0.1) is 3.57 Å². The number of rotatable bonds is 4. The van der Waals surface area contributed by atoms with Crippen LogP contribution < -0.4 is 4.74 Å². The van der Waals surface area contributed by atoms with Gasteiger partial charge in [-0.05, 0) is 40.8 Å². The van der Waals surface area contributed by atoms with Crippen molar-refractivity contribution < 1.29 is 19.4 Å². The summed E-state index contributed by atoms with van der Waals surface area (Å²) >= 11 is 2.04. The maximum atomic E-state index is 10.8. The number of carbonyl (C=O) groups is 1. The number of methoxy groups -OCH3 is 1. The van der Waals surface area contributed by atoms with Gasteiger partial charge in [0.2, 0.25) is 0 Å². The number of hydrogen-bond donors (Lipinski definition) is 1. The van der Waals surface area contributed by atoms with Gasteiger partial charge < -0.3 is 14.6 Å². The van der Waals surface area contributed by atoms with Crippen molar-refractivity contribution in [1.29, 1.82) is 0 Å². The average molecular weight is 308 g/mol. The highest BCUT2D eigenvalue weighted by atomic mass is 127. The molecule has 0 bridgehead atoms. The zero-order valence-electron chi connectivity index (χ0n) is 7.49. The van der Waals surface area contributed by atoms with Gasteiger partial charge in [0.15, 0.2) is 6.79 Å². The number of carboxylic acid groups (broad SMARTS) is 1. The second-order valence-corrected chi connectivity index (χ2v) is 3.74. The topological polar surface area (TPSA) is 55.8 Å². The molecular formula is C9H9IO4. The van der Waals surface area contributed by atoms with Gasteiger partial charge in [0, 0.05) is 10.7 Å². The Morgan fingerprint density at radius 2 is 2.29 bits per heavy atom. The SMILES string of the molecule is COCOc1ccc(I)cc1C(=O)O. The summed E-state index contributed by atoms with van der Waals surface area (Å²) in [6.07, 6.45) is 0. The third-order valence-electron chi connectivity index (χ3n) is 1.50. The fourth-order valence-electron chi connectivity index (χ4n) is 0.918. The predicted octanol–water partition coefficient (Wildman–Crippen LogP) is 1.97. The highest BCUT2D eigenvalue weighted by Gasteiger charge is 2.11. The van der Waals surface area contributed by atoms with E-state index in [0.29, 0.717) is 5.75 Å². The van der Waals surface area contributed by atoms with E-state index in [-0.39, 0.29) is 12.4 Å². The Kier molecular flexibility index (Phi) is 4.15. The number of aromatic carboxylic acids is 1. The highest BCUT2D eigenvalue weighted by Crippen LogP contribution is 2.21. The van der Waals surface area contributed by atoms with Crippen LogP contribution in [-0.4, -0.2) is 25.0 Å². The normalized spacial score (nSPS) is 9.86. The molecule has 0 spiro atoms. The van der Waals surface area contributed by atoms with Crippen LogP contribution in [0.15, 0.2) is 18.2 Å². The first-order chi connectivity index (χ1) is 6.65. The molecule has 0 saturated carbocycles. The van der Waals surface area contributed by atoms with E-state index in [4.69, 9.17) is 14.6 Å². The number of halogens is 1. The van der Waals surface area contributed by atoms with Crippen molar-refractivity contribution in [3.05, 3.63) is 27.3 Å². The molecule has 0 aliphatic heterocycles. The summed E-state index contributed by atoms with van der Waals surface area (Å²) in [5, 5.41) is 8.87. The minimum Gasteiger partial charge on any atom is -0.478 e. The third kappa shape index (κ3) is 2.85. The van der Waals surface area contributed by atoms with Gasteiger partial charge in [-0.25, -0.2) is 4.79 Å². The third-order valence-corrected chi connectivity index (χ3v) is 2.18. The van der Waals surface area contributed by atoms with Crippen molar-refractivity contribution in [3.63, 3.8) is 0 Å². The average Bonchev–Trinajstić information content (AvgIpc) is 2.15. The molecule has 1 N–H and O–H groups in total. The summed E-state index contributed by atoms with van der Waals surface area (Å²) in [6, 6.07) is 4.94. The van der Waals surface area contributed by atoms with Crippen LogP contribution in [0.5, 0.6) is 5.75 Å². The first-order valence-electron chi connectivity index (χ1n) is 3.79. The Labute approximate surface area is 95.0 Å². The predicted molar refractivity (Wildman–Crippen MR) is 58.6 cm³/mol. The van der Waals surface area contributed by atoms with Crippen molar-refractivity contribution in [1.82, 2.24) is 0 Å². The van der Waals surface area contributed by atoms with Crippen LogP contribution in [0.1, 0.15) is 10.4 Å².